The van der Waals surface area contributed by atoms with E-state index in [0.717, 1.165) is 0 Å². The summed E-state index contributed by atoms with van der Waals surface area (Å²) >= 11 is 0. The van der Waals surface area contributed by atoms with Gasteiger partial charge in [0.05, 0.1) is 4.75 Å². The summed E-state index contributed by atoms with van der Waals surface area (Å²) in [5, 5.41) is 0. The Morgan fingerprint density at radius 1 is 1.56 bits per heavy atom. The highest BCUT2D eigenvalue weighted by Crippen LogP contribution is 2.12. The Bertz CT molecular complexity index is 176. The number of nitrogens with two attached hydrogens (primary N) is 1. The van der Waals surface area contributed by atoms with E-state index in [1.807, 2.05) is 4.83 Å². The Morgan fingerprint density at radius 3 is 1.89 bits per heavy atom. The third-order valence-corrected chi connectivity index (χ3v) is 3.09. The molecule has 0 heterocycles. The third kappa shape index (κ3) is 1.92. The summed E-state index contributed by atoms with van der Waals surface area (Å²) in [6.07, 6.45) is 0. The smallest absolute Gasteiger partial charge is 0.123 e. The molecule has 1 atom stereocenters. The molecule has 0 bridgehead atoms. The van der Waals surface area contributed by atoms with Crippen LogP contribution in [0.15, 0.2) is 0 Å². The van der Waals surface area contributed by atoms with Crippen molar-refractivity contribution in [3.8, 4) is 0 Å². The fourth-order valence-corrected chi connectivity index (χ4v) is 0.530. The quantitative estimate of drug-likeness (QED) is 0.370. The molecule has 1 unspecified atom stereocenters. The summed E-state index contributed by atoms with van der Waals surface area (Å²) in [6.45, 7) is 5.09. The lowest BCUT2D eigenvalue weighted by atomic mass is 10.3. The van der Waals surface area contributed by atoms with Crippen LogP contribution in [-0.2, 0) is 9.92 Å². The zero-order chi connectivity index (χ0) is 7.71. The van der Waals surface area contributed by atoms with Gasteiger partial charge in [-0.3, -0.25) is 5.84 Å². The maximum Gasteiger partial charge on any atom is 0.123 e. The van der Waals surface area contributed by atoms with Gasteiger partial charge >= 0.3 is 0 Å². The van der Waals surface area contributed by atoms with Crippen molar-refractivity contribution in [2.45, 2.75) is 25.5 Å². The van der Waals surface area contributed by atoms with Crippen LogP contribution in [0.25, 0.3) is 0 Å². The van der Waals surface area contributed by atoms with Gasteiger partial charge in [-0.1, -0.05) is 0 Å². The van der Waals surface area contributed by atoms with E-state index in [-0.39, 0.29) is 0 Å². The van der Waals surface area contributed by atoms with Gasteiger partial charge in [-0.25, -0.2) is 8.99 Å². The highest BCUT2D eigenvalue weighted by atomic mass is 32.2. The Kier molecular flexibility index (Phi) is 2.21. The number of nitrogens with one attached hydrogen (secondary N) is 2. The molecule has 0 aliphatic carbocycles. The van der Waals surface area contributed by atoms with Gasteiger partial charge in [0.1, 0.15) is 9.92 Å². The first-order valence-electron chi connectivity index (χ1n) is 2.57. The molecule has 4 nitrogen and oxygen atoms in total. The molecule has 0 saturated carbocycles. The van der Waals surface area contributed by atoms with Gasteiger partial charge in [-0.05, 0) is 20.8 Å². The van der Waals surface area contributed by atoms with E-state index < -0.39 is 14.7 Å². The fraction of sp³-hybridized carbons (Fsp3) is 1.00. The van der Waals surface area contributed by atoms with Gasteiger partial charge in [-0.2, -0.15) is 4.83 Å². The van der Waals surface area contributed by atoms with Crippen molar-refractivity contribution in [2.75, 3.05) is 0 Å². The number of hydrazine groups is 1. The zero-order valence-corrected chi connectivity index (χ0v) is 6.71. The van der Waals surface area contributed by atoms with Gasteiger partial charge < -0.3 is 0 Å². The molecule has 0 aliphatic heterocycles. The maximum atomic E-state index is 11.0. The molecule has 0 spiro atoms. The number of hydrogen-bond donors (Lipinski definition) is 3. The van der Waals surface area contributed by atoms with Gasteiger partial charge in [0, 0.05) is 0 Å². The second kappa shape index (κ2) is 2.24. The largest absolute Gasteiger partial charge is 0.259 e. The highest BCUT2D eigenvalue weighted by Gasteiger charge is 2.23. The number of hydrogen-bond acceptors (Lipinski definition) is 3. The van der Waals surface area contributed by atoms with Crippen molar-refractivity contribution < 1.29 is 4.21 Å². The fourth-order valence-electron chi connectivity index (χ4n) is 0.177. The van der Waals surface area contributed by atoms with Crippen molar-refractivity contribution in [3.05, 3.63) is 0 Å². The minimum absolute atomic E-state index is 0.595. The highest BCUT2D eigenvalue weighted by molar-refractivity contribution is 7.91. The van der Waals surface area contributed by atoms with Crippen LogP contribution >= 0.6 is 0 Å². The summed E-state index contributed by atoms with van der Waals surface area (Å²) < 4.78 is 17.5. The summed E-state index contributed by atoms with van der Waals surface area (Å²) in [5.74, 6) is 4.88. The van der Waals surface area contributed by atoms with E-state index in [2.05, 4.69) is 0 Å². The van der Waals surface area contributed by atoms with Crippen LogP contribution in [0, 0.1) is 4.78 Å². The minimum atomic E-state index is -2.81. The Balaban J connectivity index is 4.57. The first kappa shape index (κ1) is 8.87. The summed E-state index contributed by atoms with van der Waals surface area (Å²) in [6, 6.07) is 0. The topological polar surface area (TPSA) is 79.0 Å². The van der Waals surface area contributed by atoms with E-state index in [4.69, 9.17) is 10.6 Å². The van der Waals surface area contributed by atoms with Gasteiger partial charge in [0.15, 0.2) is 0 Å². The molecule has 9 heavy (non-hydrogen) atoms. The molecule has 4 N–H and O–H groups in total. The van der Waals surface area contributed by atoms with Crippen LogP contribution < -0.4 is 10.7 Å². The van der Waals surface area contributed by atoms with Crippen LogP contribution in [0.3, 0.4) is 0 Å². The van der Waals surface area contributed by atoms with Gasteiger partial charge in [0.2, 0.25) is 0 Å². The lowest BCUT2D eigenvalue weighted by Gasteiger charge is -2.20. The Hall–Kier alpha value is -0.130. The molecule has 5 heteroatoms. The first-order chi connectivity index (χ1) is 3.81. The Morgan fingerprint density at radius 2 is 1.89 bits per heavy atom. The first-order valence-corrected chi connectivity index (χ1v) is 4.13. The van der Waals surface area contributed by atoms with E-state index >= 15 is 0 Å². The molecule has 0 aromatic rings. The van der Waals surface area contributed by atoms with E-state index in [1.54, 1.807) is 20.8 Å². The van der Waals surface area contributed by atoms with E-state index in [0.29, 0.717) is 0 Å². The molecule has 0 aliphatic rings. The predicted molar refractivity (Wildman–Crippen MR) is 37.9 cm³/mol. The molecule has 0 fully saturated rings. The maximum absolute atomic E-state index is 11.0. The van der Waals surface area contributed by atoms with Crippen LogP contribution in [-0.4, -0.2) is 8.96 Å². The summed E-state index contributed by atoms with van der Waals surface area (Å²) in [7, 11) is -2.81. The van der Waals surface area contributed by atoms with Crippen molar-refractivity contribution >= 4 is 9.92 Å². The van der Waals surface area contributed by atoms with Crippen LogP contribution in [0.1, 0.15) is 20.8 Å². The van der Waals surface area contributed by atoms with Crippen molar-refractivity contribution in [3.63, 3.8) is 0 Å². The zero-order valence-electron chi connectivity index (χ0n) is 5.89. The lowest BCUT2D eigenvalue weighted by molar-refractivity contribution is 0.625. The third-order valence-electron chi connectivity index (χ3n) is 1.03. The number of rotatable bonds is 1. The SMILES string of the molecule is CC(C)(C)S(=N)(=O)NN. The average molecular weight is 151 g/mol. The molecule has 0 saturated heterocycles. The molecule has 56 valence electrons. The average Bonchev–Trinajstić information content (AvgIpc) is 1.64. The lowest BCUT2D eigenvalue weighted by Crippen LogP contribution is -2.41. The van der Waals surface area contributed by atoms with Gasteiger partial charge in [-0.15, -0.1) is 0 Å². The van der Waals surface area contributed by atoms with Crippen LogP contribution in [0.4, 0.5) is 0 Å². The molecule has 0 radical (unpaired) electrons. The molecule has 0 rings (SSSR count). The van der Waals surface area contributed by atoms with Crippen LogP contribution in [0.5, 0.6) is 0 Å². The van der Waals surface area contributed by atoms with Gasteiger partial charge in [0.25, 0.3) is 0 Å². The van der Waals surface area contributed by atoms with Crippen molar-refractivity contribution in [2.24, 2.45) is 5.84 Å². The molecule has 0 aromatic heterocycles. The summed E-state index contributed by atoms with van der Waals surface area (Å²) in [5.41, 5.74) is 0. The van der Waals surface area contributed by atoms with E-state index in [1.165, 1.54) is 0 Å². The van der Waals surface area contributed by atoms with Crippen molar-refractivity contribution in [1.29, 1.82) is 4.78 Å². The molecular weight excluding hydrogens is 138 g/mol. The molecule has 0 aromatic carbocycles. The van der Waals surface area contributed by atoms with Crippen LogP contribution in [0.2, 0.25) is 0 Å². The Labute approximate surface area is 55.9 Å². The predicted octanol–water partition coefficient (Wildman–Crippen LogP) is 0.210. The second-order valence-corrected chi connectivity index (χ2v) is 5.36. The minimum Gasteiger partial charge on any atom is -0.259 e. The molecule has 0 amide bonds. The monoisotopic (exact) mass is 151 g/mol. The molecular formula is C4H13N3OS. The van der Waals surface area contributed by atoms with E-state index in [9.17, 15) is 4.21 Å². The summed E-state index contributed by atoms with van der Waals surface area (Å²) in [4.78, 5) is 1.98. The van der Waals surface area contributed by atoms with Crippen molar-refractivity contribution in [1.82, 2.24) is 4.83 Å². The normalized spacial score (nSPS) is 19.1. The second-order valence-electron chi connectivity index (χ2n) is 2.79. The standard InChI is InChI=1S/C4H13N3OS/c1-4(2,3)9(6,8)7-5/h5H2,1-3H3,(H2,6,7,8).